The van der Waals surface area contributed by atoms with Crippen LogP contribution in [-0.4, -0.2) is 15.1 Å². The summed E-state index contributed by atoms with van der Waals surface area (Å²) in [4.78, 5) is 22.6. The van der Waals surface area contributed by atoms with Gasteiger partial charge in [0.05, 0.1) is 5.54 Å². The Bertz CT molecular complexity index is 1370. The third-order valence-electron chi connectivity index (χ3n) is 7.28. The molecule has 0 aliphatic heterocycles. The second-order valence-electron chi connectivity index (χ2n) is 9.87. The van der Waals surface area contributed by atoms with Crippen molar-refractivity contribution in [2.75, 3.05) is 0 Å². The fourth-order valence-electron chi connectivity index (χ4n) is 5.43. The molecular formula is C34H32NO3P. The van der Waals surface area contributed by atoms with Crippen molar-refractivity contribution in [3.05, 3.63) is 179 Å². The lowest BCUT2D eigenvalue weighted by Gasteiger charge is -2.46. The van der Waals surface area contributed by atoms with E-state index in [0.717, 1.165) is 27.8 Å². The van der Waals surface area contributed by atoms with Gasteiger partial charge in [-0.05, 0) is 27.8 Å². The van der Waals surface area contributed by atoms with E-state index in [9.17, 15) is 14.4 Å². The van der Waals surface area contributed by atoms with Crippen LogP contribution in [0.2, 0.25) is 0 Å². The monoisotopic (exact) mass is 533 g/mol. The fourth-order valence-corrected chi connectivity index (χ4v) is 6.52. The van der Waals surface area contributed by atoms with Gasteiger partial charge in [-0.1, -0.05) is 152 Å². The number of nitrogens with one attached hydrogen (secondary N) is 1. The highest BCUT2D eigenvalue weighted by Crippen LogP contribution is 2.55. The summed E-state index contributed by atoms with van der Waals surface area (Å²) in [6.45, 7) is 0. The minimum atomic E-state index is -4.81. The summed E-state index contributed by atoms with van der Waals surface area (Å²) in [5.41, 5.74) is 3.29. The summed E-state index contributed by atoms with van der Waals surface area (Å²) in [5, 5.41) is 2.06. The van der Waals surface area contributed by atoms with Gasteiger partial charge in [0, 0.05) is 12.8 Å². The Morgan fingerprint density at radius 3 is 1.05 bits per heavy atom. The second kappa shape index (κ2) is 11.5. The number of hydrogen-bond donors (Lipinski definition) is 3. The largest absolute Gasteiger partial charge is 0.346 e. The summed E-state index contributed by atoms with van der Waals surface area (Å²) in [7, 11) is -4.81. The Balaban J connectivity index is 1.82. The predicted molar refractivity (Wildman–Crippen MR) is 157 cm³/mol. The molecule has 39 heavy (non-hydrogen) atoms. The van der Waals surface area contributed by atoms with E-state index in [1.165, 1.54) is 0 Å². The van der Waals surface area contributed by atoms with Gasteiger partial charge in [0.25, 0.3) is 0 Å². The van der Waals surface area contributed by atoms with Crippen molar-refractivity contribution in [2.24, 2.45) is 0 Å². The third-order valence-corrected chi connectivity index (χ3v) is 8.82. The molecule has 0 radical (unpaired) electrons. The van der Waals surface area contributed by atoms with Crippen molar-refractivity contribution in [1.82, 2.24) is 5.32 Å². The van der Waals surface area contributed by atoms with Crippen molar-refractivity contribution in [3.8, 4) is 0 Å². The van der Waals surface area contributed by atoms with E-state index in [1.807, 2.05) is 152 Å². The first kappa shape index (κ1) is 26.8. The highest BCUT2D eigenvalue weighted by molar-refractivity contribution is 7.53. The lowest BCUT2D eigenvalue weighted by molar-refractivity contribution is 0.258. The lowest BCUT2D eigenvalue weighted by atomic mass is 9.75. The van der Waals surface area contributed by atoms with Crippen LogP contribution in [0.1, 0.15) is 27.8 Å². The van der Waals surface area contributed by atoms with Crippen molar-refractivity contribution < 1.29 is 14.4 Å². The Morgan fingerprint density at radius 2 is 0.769 bits per heavy atom. The van der Waals surface area contributed by atoms with Gasteiger partial charge in [0.1, 0.15) is 5.28 Å². The molecule has 0 aromatic heterocycles. The Hall–Kier alpha value is -3.79. The van der Waals surface area contributed by atoms with Crippen molar-refractivity contribution >= 4 is 7.60 Å². The molecule has 196 valence electrons. The van der Waals surface area contributed by atoms with Gasteiger partial charge < -0.3 is 9.79 Å². The highest BCUT2D eigenvalue weighted by Gasteiger charge is 2.53. The van der Waals surface area contributed by atoms with Crippen LogP contribution in [0.15, 0.2) is 152 Å². The van der Waals surface area contributed by atoms with Crippen LogP contribution >= 0.6 is 7.60 Å². The fraction of sp³-hybridized carbons (Fsp3) is 0.118. The van der Waals surface area contributed by atoms with Crippen molar-refractivity contribution in [1.29, 1.82) is 0 Å². The summed E-state index contributed by atoms with van der Waals surface area (Å²) in [5.74, 6) is 0. The minimum absolute atomic E-state index is 0.126. The average Bonchev–Trinajstić information content (AvgIpc) is 2.98. The quantitative estimate of drug-likeness (QED) is 0.135. The SMILES string of the molecule is O=P(O)(O)C(Cc1ccccc1)(Cc1ccccc1)NC(c1ccccc1)(c1ccccc1)c1ccccc1. The molecule has 5 aromatic rings. The first-order valence-electron chi connectivity index (χ1n) is 13.0. The number of rotatable bonds is 10. The normalized spacial score (nSPS) is 12.3. The molecule has 0 atom stereocenters. The Labute approximate surface area is 230 Å². The van der Waals surface area contributed by atoms with Crippen LogP contribution < -0.4 is 5.32 Å². The number of hydrogen-bond acceptors (Lipinski definition) is 2. The van der Waals surface area contributed by atoms with Crippen LogP contribution in [0, 0.1) is 0 Å². The zero-order chi connectivity index (χ0) is 27.2. The van der Waals surface area contributed by atoms with Crippen LogP contribution in [0.4, 0.5) is 0 Å². The van der Waals surface area contributed by atoms with E-state index in [2.05, 4.69) is 5.32 Å². The summed E-state index contributed by atoms with van der Waals surface area (Å²) < 4.78 is 13.9. The molecule has 5 aromatic carbocycles. The molecule has 5 heteroatoms. The van der Waals surface area contributed by atoms with Gasteiger partial charge in [-0.25, -0.2) is 0 Å². The topological polar surface area (TPSA) is 69.6 Å². The van der Waals surface area contributed by atoms with Crippen molar-refractivity contribution in [3.63, 3.8) is 0 Å². The van der Waals surface area contributed by atoms with Gasteiger partial charge in [0.2, 0.25) is 0 Å². The molecule has 0 spiro atoms. The zero-order valence-corrected chi connectivity index (χ0v) is 22.5. The molecule has 0 heterocycles. The Morgan fingerprint density at radius 1 is 0.487 bits per heavy atom. The van der Waals surface area contributed by atoms with Crippen molar-refractivity contribution in [2.45, 2.75) is 23.7 Å². The molecule has 0 aliphatic carbocycles. The molecule has 3 N–H and O–H groups in total. The summed E-state index contributed by atoms with van der Waals surface area (Å²) >= 11 is 0. The molecule has 0 amide bonds. The molecule has 0 saturated carbocycles. The summed E-state index contributed by atoms with van der Waals surface area (Å²) in [6.07, 6.45) is 0.253. The molecule has 5 rings (SSSR count). The van der Waals surface area contributed by atoms with E-state index >= 15 is 0 Å². The van der Waals surface area contributed by atoms with Crippen LogP contribution in [0.25, 0.3) is 0 Å². The van der Waals surface area contributed by atoms with Crippen LogP contribution in [0.5, 0.6) is 0 Å². The highest BCUT2D eigenvalue weighted by atomic mass is 31.2. The molecule has 0 aliphatic rings. The maximum Gasteiger partial charge on any atom is 0.346 e. The summed E-state index contributed by atoms with van der Waals surface area (Å²) in [6, 6.07) is 48.9. The first-order valence-corrected chi connectivity index (χ1v) is 14.6. The first-order chi connectivity index (χ1) is 18.9. The molecule has 0 fully saturated rings. The van der Waals surface area contributed by atoms with Gasteiger partial charge in [0.15, 0.2) is 0 Å². The van der Waals surface area contributed by atoms with E-state index < -0.39 is 18.4 Å². The third kappa shape index (κ3) is 5.66. The van der Waals surface area contributed by atoms with E-state index in [4.69, 9.17) is 0 Å². The van der Waals surface area contributed by atoms with Gasteiger partial charge in [-0.3, -0.25) is 9.88 Å². The standard InChI is InChI=1S/C34H32NO3P/c36-39(37,38)33(26-28-16-6-1-7-17-28,27-29-18-8-2-9-19-29)35-34(30-20-10-3-11-21-30,31-22-12-4-13-23-31)32-24-14-5-15-25-32/h1-25,35H,26-27H2,(H2,36,37,38). The lowest BCUT2D eigenvalue weighted by Crippen LogP contribution is -2.59. The van der Waals surface area contributed by atoms with Gasteiger partial charge >= 0.3 is 7.60 Å². The maximum atomic E-state index is 13.9. The second-order valence-corrected chi connectivity index (χ2v) is 11.8. The van der Waals surface area contributed by atoms with Crippen LogP contribution in [0.3, 0.4) is 0 Å². The van der Waals surface area contributed by atoms with Gasteiger partial charge in [-0.15, -0.1) is 0 Å². The molecule has 0 bridgehead atoms. The maximum absolute atomic E-state index is 13.9. The van der Waals surface area contributed by atoms with Crippen LogP contribution in [-0.2, 0) is 22.9 Å². The number of benzene rings is 5. The molecular weight excluding hydrogens is 501 g/mol. The predicted octanol–water partition coefficient (Wildman–Crippen LogP) is 6.93. The average molecular weight is 534 g/mol. The zero-order valence-electron chi connectivity index (χ0n) is 21.6. The molecule has 0 unspecified atom stereocenters. The van der Waals surface area contributed by atoms with E-state index in [0.29, 0.717) is 0 Å². The smallest absolute Gasteiger partial charge is 0.323 e. The molecule has 0 saturated heterocycles. The van der Waals surface area contributed by atoms with E-state index in [-0.39, 0.29) is 12.8 Å². The molecule has 4 nitrogen and oxygen atoms in total. The van der Waals surface area contributed by atoms with E-state index in [1.54, 1.807) is 0 Å². The Kier molecular flexibility index (Phi) is 7.92. The minimum Gasteiger partial charge on any atom is -0.323 e. The van der Waals surface area contributed by atoms with Gasteiger partial charge in [-0.2, -0.15) is 0 Å².